The summed E-state index contributed by atoms with van der Waals surface area (Å²) in [7, 11) is 0. The summed E-state index contributed by atoms with van der Waals surface area (Å²) in [5.41, 5.74) is 3.56. The third-order valence-corrected chi connectivity index (χ3v) is 4.24. The molecule has 5 nitrogen and oxygen atoms in total. The molecule has 3 rings (SSSR count). The molecule has 0 spiro atoms. The Morgan fingerprint density at radius 1 is 1.16 bits per heavy atom. The normalized spacial score (nSPS) is 10.3. The fraction of sp³-hybridized carbons (Fsp3) is 0.105. The van der Waals surface area contributed by atoms with Crippen LogP contribution < -0.4 is 10.6 Å². The average molecular weight is 397 g/mol. The van der Waals surface area contributed by atoms with Crippen molar-refractivity contribution in [2.24, 2.45) is 0 Å². The van der Waals surface area contributed by atoms with Crippen LogP contribution in [-0.4, -0.2) is 15.9 Å². The highest BCUT2D eigenvalue weighted by Gasteiger charge is 2.07. The van der Waals surface area contributed by atoms with Crippen molar-refractivity contribution in [2.45, 2.75) is 13.5 Å². The molecule has 0 atom stereocenters. The van der Waals surface area contributed by atoms with E-state index in [9.17, 15) is 4.79 Å². The number of nitrogens with zero attached hydrogens (tertiary/aromatic N) is 2. The molecule has 3 aromatic rings. The fourth-order valence-electron chi connectivity index (χ4n) is 2.25. The fourth-order valence-corrected chi connectivity index (χ4v) is 2.84. The van der Waals surface area contributed by atoms with E-state index in [1.165, 1.54) is 5.56 Å². The molecule has 126 valence electrons. The standard InChI is InChI=1S/C19H17BrN4O/c1-13-4-6-17(16(20)9-13)24-18-7-5-15(12-22-18)19(25)23-11-14-3-2-8-21-10-14/h2-10,12H,11H2,1H3,(H,22,24)(H,23,25). The van der Waals surface area contributed by atoms with E-state index in [1.807, 2.05) is 37.3 Å². The van der Waals surface area contributed by atoms with Gasteiger partial charge in [0, 0.05) is 29.6 Å². The maximum absolute atomic E-state index is 12.2. The van der Waals surface area contributed by atoms with Crippen LogP contribution in [0.25, 0.3) is 0 Å². The summed E-state index contributed by atoms with van der Waals surface area (Å²) in [4.78, 5) is 20.5. The third-order valence-electron chi connectivity index (χ3n) is 3.59. The van der Waals surface area contributed by atoms with Crippen LogP contribution in [0.5, 0.6) is 0 Å². The van der Waals surface area contributed by atoms with E-state index in [0.29, 0.717) is 17.9 Å². The van der Waals surface area contributed by atoms with E-state index >= 15 is 0 Å². The summed E-state index contributed by atoms with van der Waals surface area (Å²) >= 11 is 3.53. The molecule has 1 amide bonds. The third kappa shape index (κ3) is 4.64. The minimum atomic E-state index is -0.167. The number of aromatic nitrogens is 2. The first kappa shape index (κ1) is 17.1. The van der Waals surface area contributed by atoms with Crippen molar-refractivity contribution in [3.8, 4) is 0 Å². The van der Waals surface area contributed by atoms with Gasteiger partial charge in [-0.05, 0) is 64.3 Å². The Morgan fingerprint density at radius 3 is 2.72 bits per heavy atom. The van der Waals surface area contributed by atoms with Gasteiger partial charge in [-0.1, -0.05) is 12.1 Å². The lowest BCUT2D eigenvalue weighted by Gasteiger charge is -2.09. The largest absolute Gasteiger partial charge is 0.348 e. The SMILES string of the molecule is Cc1ccc(Nc2ccc(C(=O)NCc3cccnc3)cn2)c(Br)c1. The number of rotatable bonds is 5. The molecule has 2 N–H and O–H groups in total. The molecule has 1 aromatic carbocycles. The van der Waals surface area contributed by atoms with Crippen LogP contribution in [0, 0.1) is 6.92 Å². The molecule has 6 heteroatoms. The monoisotopic (exact) mass is 396 g/mol. The van der Waals surface area contributed by atoms with Crippen LogP contribution in [0.15, 0.2) is 65.5 Å². The molecule has 0 aliphatic rings. The molecule has 0 unspecified atom stereocenters. The molecule has 0 aliphatic heterocycles. The summed E-state index contributed by atoms with van der Waals surface area (Å²) in [5.74, 6) is 0.507. The Kier molecular flexibility index (Phi) is 5.40. The molecule has 0 aliphatic carbocycles. The number of carbonyl (C=O) groups excluding carboxylic acids is 1. The smallest absolute Gasteiger partial charge is 0.253 e. The molecule has 0 saturated carbocycles. The van der Waals surface area contributed by atoms with Crippen molar-refractivity contribution in [1.82, 2.24) is 15.3 Å². The van der Waals surface area contributed by atoms with Gasteiger partial charge in [0.05, 0.1) is 11.3 Å². The van der Waals surface area contributed by atoms with Crippen molar-refractivity contribution >= 4 is 33.3 Å². The number of anilines is 2. The van der Waals surface area contributed by atoms with Crippen LogP contribution in [0.3, 0.4) is 0 Å². The zero-order valence-electron chi connectivity index (χ0n) is 13.7. The number of pyridine rings is 2. The first-order valence-electron chi connectivity index (χ1n) is 7.78. The molecule has 0 radical (unpaired) electrons. The van der Waals surface area contributed by atoms with Crippen molar-refractivity contribution in [1.29, 1.82) is 0 Å². The summed E-state index contributed by atoms with van der Waals surface area (Å²) < 4.78 is 0.965. The topological polar surface area (TPSA) is 66.9 Å². The van der Waals surface area contributed by atoms with Crippen LogP contribution in [-0.2, 0) is 6.54 Å². The van der Waals surface area contributed by atoms with Crippen LogP contribution in [0.2, 0.25) is 0 Å². The minimum Gasteiger partial charge on any atom is -0.348 e. The summed E-state index contributed by atoms with van der Waals surface area (Å²) in [6, 6.07) is 13.3. The molecular formula is C19H17BrN4O. The number of carbonyl (C=O) groups is 1. The Bertz CT molecular complexity index is 866. The maximum Gasteiger partial charge on any atom is 0.253 e. The van der Waals surface area contributed by atoms with E-state index < -0.39 is 0 Å². The highest BCUT2D eigenvalue weighted by atomic mass is 79.9. The Labute approximate surface area is 154 Å². The van der Waals surface area contributed by atoms with Gasteiger partial charge in [-0.25, -0.2) is 4.98 Å². The molecule has 0 fully saturated rings. The van der Waals surface area contributed by atoms with Crippen LogP contribution in [0.1, 0.15) is 21.5 Å². The summed E-state index contributed by atoms with van der Waals surface area (Å²) in [6.45, 7) is 2.47. The van der Waals surface area contributed by atoms with Gasteiger partial charge in [0.1, 0.15) is 5.82 Å². The minimum absolute atomic E-state index is 0.167. The number of hydrogen-bond acceptors (Lipinski definition) is 4. The van der Waals surface area contributed by atoms with Crippen LogP contribution >= 0.6 is 15.9 Å². The number of benzene rings is 1. The quantitative estimate of drug-likeness (QED) is 0.677. The Balaban J connectivity index is 1.62. The van der Waals surface area contributed by atoms with Gasteiger partial charge in [0.15, 0.2) is 0 Å². The highest BCUT2D eigenvalue weighted by Crippen LogP contribution is 2.26. The van der Waals surface area contributed by atoms with Crippen molar-refractivity contribution < 1.29 is 4.79 Å². The second-order valence-electron chi connectivity index (χ2n) is 5.58. The lowest BCUT2D eigenvalue weighted by Crippen LogP contribution is -2.22. The van der Waals surface area contributed by atoms with E-state index in [2.05, 4.69) is 36.5 Å². The lowest BCUT2D eigenvalue weighted by atomic mass is 10.2. The predicted molar refractivity (Wildman–Crippen MR) is 102 cm³/mol. The van der Waals surface area contributed by atoms with Crippen molar-refractivity contribution in [3.63, 3.8) is 0 Å². The zero-order valence-corrected chi connectivity index (χ0v) is 15.2. The average Bonchev–Trinajstić information content (AvgIpc) is 2.63. The first-order chi connectivity index (χ1) is 12.1. The highest BCUT2D eigenvalue weighted by molar-refractivity contribution is 9.10. The summed E-state index contributed by atoms with van der Waals surface area (Å²) in [5, 5.41) is 6.08. The molecule has 0 bridgehead atoms. The second-order valence-corrected chi connectivity index (χ2v) is 6.44. The number of aryl methyl sites for hydroxylation is 1. The van der Waals surface area contributed by atoms with Gasteiger partial charge in [-0.2, -0.15) is 0 Å². The summed E-state index contributed by atoms with van der Waals surface area (Å²) in [6.07, 6.45) is 4.99. The number of nitrogens with one attached hydrogen (secondary N) is 2. The van der Waals surface area contributed by atoms with Gasteiger partial charge < -0.3 is 10.6 Å². The maximum atomic E-state index is 12.2. The van der Waals surface area contributed by atoms with Gasteiger partial charge in [-0.15, -0.1) is 0 Å². The van der Waals surface area contributed by atoms with Gasteiger partial charge >= 0.3 is 0 Å². The zero-order chi connectivity index (χ0) is 17.6. The predicted octanol–water partition coefficient (Wildman–Crippen LogP) is 4.22. The Morgan fingerprint density at radius 2 is 2.04 bits per heavy atom. The molecule has 0 saturated heterocycles. The first-order valence-corrected chi connectivity index (χ1v) is 8.57. The van der Waals surface area contributed by atoms with E-state index in [-0.39, 0.29) is 5.91 Å². The molecule has 2 aromatic heterocycles. The van der Waals surface area contributed by atoms with E-state index in [1.54, 1.807) is 30.7 Å². The number of hydrogen-bond donors (Lipinski definition) is 2. The van der Waals surface area contributed by atoms with Crippen molar-refractivity contribution in [3.05, 3.63) is 82.2 Å². The van der Waals surface area contributed by atoms with Crippen LogP contribution in [0.4, 0.5) is 11.5 Å². The van der Waals surface area contributed by atoms with E-state index in [0.717, 1.165) is 15.7 Å². The van der Waals surface area contributed by atoms with Crippen molar-refractivity contribution in [2.75, 3.05) is 5.32 Å². The molecule has 25 heavy (non-hydrogen) atoms. The van der Waals surface area contributed by atoms with Gasteiger partial charge in [0.25, 0.3) is 5.91 Å². The second kappa shape index (κ2) is 7.90. The Hall–Kier alpha value is -2.73. The number of amides is 1. The van der Waals surface area contributed by atoms with Gasteiger partial charge in [-0.3, -0.25) is 9.78 Å². The molecular weight excluding hydrogens is 380 g/mol. The van der Waals surface area contributed by atoms with Gasteiger partial charge in [0.2, 0.25) is 0 Å². The number of halogens is 1. The lowest BCUT2D eigenvalue weighted by molar-refractivity contribution is 0.0950. The van der Waals surface area contributed by atoms with E-state index in [4.69, 9.17) is 0 Å². The molecule has 2 heterocycles.